The summed E-state index contributed by atoms with van der Waals surface area (Å²) in [6.07, 6.45) is 6.61. The first-order valence-electron chi connectivity index (χ1n) is 1.92. The molecule has 0 aliphatic carbocycles. The number of nitrogens with one attached hydrogen (secondary N) is 1. The van der Waals surface area contributed by atoms with E-state index in [0.29, 0.717) is 0 Å². The summed E-state index contributed by atoms with van der Waals surface area (Å²) in [6.45, 7) is 0. The molecule has 0 bridgehead atoms. The SMILES string of the molecule is C1=CN[N+]=CC1. The Hall–Kier alpha value is -0.790. The monoisotopic (exact) mass is 82.1 g/mol. The number of hydrogen-bond donors (Lipinski definition) is 1. The summed E-state index contributed by atoms with van der Waals surface area (Å²) in [5, 5.41) is 3.72. The fourth-order valence-corrected chi connectivity index (χ4v) is 0.330. The van der Waals surface area contributed by atoms with E-state index >= 15 is 0 Å². The standard InChI is InChI=1S/C4H6N2/c1-2-4-6-5-3-1/h1,3-5H,2H2/q+1. The Kier molecular flexibility index (Phi) is 0.906. The zero-order valence-electron chi connectivity index (χ0n) is 3.39. The fourth-order valence-electron chi connectivity index (χ4n) is 0.330. The Bertz CT molecular complexity index is 63.5. The second-order valence-corrected chi connectivity index (χ2v) is 1.08. The minimum Gasteiger partial charge on any atom is -0.109 e. The summed E-state index contributed by atoms with van der Waals surface area (Å²) in [5.74, 6) is 0. The van der Waals surface area contributed by atoms with Gasteiger partial charge < -0.3 is 0 Å². The molecule has 31 valence electrons. The van der Waals surface area contributed by atoms with Crippen LogP contribution < -0.4 is 10.5 Å². The third-order valence-corrected chi connectivity index (χ3v) is 0.600. The second-order valence-electron chi connectivity index (χ2n) is 1.08. The molecular formula is C4H6N2+. The van der Waals surface area contributed by atoms with Crippen LogP contribution in [-0.4, -0.2) is 6.21 Å². The van der Waals surface area contributed by atoms with Gasteiger partial charge in [0.25, 0.3) is 6.21 Å². The van der Waals surface area contributed by atoms with Crippen molar-refractivity contribution in [2.45, 2.75) is 6.42 Å². The van der Waals surface area contributed by atoms with E-state index in [2.05, 4.69) is 10.5 Å². The highest BCUT2D eigenvalue weighted by Crippen LogP contribution is 1.74. The van der Waals surface area contributed by atoms with Crippen LogP contribution in [0.2, 0.25) is 0 Å². The van der Waals surface area contributed by atoms with Gasteiger partial charge in [0.05, 0.1) is 12.6 Å². The molecule has 1 radical (unpaired) electrons. The third-order valence-electron chi connectivity index (χ3n) is 0.600. The maximum Gasteiger partial charge on any atom is 0.255 e. The smallest absolute Gasteiger partial charge is 0.109 e. The van der Waals surface area contributed by atoms with Crippen LogP contribution in [0.15, 0.2) is 12.3 Å². The minimum atomic E-state index is 0.965. The van der Waals surface area contributed by atoms with Crippen molar-refractivity contribution < 1.29 is 0 Å². The lowest BCUT2D eigenvalue weighted by Crippen LogP contribution is -2.11. The van der Waals surface area contributed by atoms with Gasteiger partial charge in [0.15, 0.2) is 5.10 Å². The van der Waals surface area contributed by atoms with Gasteiger partial charge in [-0.05, 0) is 0 Å². The van der Waals surface area contributed by atoms with Crippen LogP contribution >= 0.6 is 0 Å². The molecule has 0 atom stereocenters. The first kappa shape index (κ1) is 3.40. The van der Waals surface area contributed by atoms with Crippen LogP contribution in [0.5, 0.6) is 0 Å². The lowest BCUT2D eigenvalue weighted by atomic mass is 10.4. The molecule has 1 aliphatic heterocycles. The minimum absolute atomic E-state index is 0.965. The summed E-state index contributed by atoms with van der Waals surface area (Å²) in [5.41, 5.74) is 2.67. The predicted molar refractivity (Wildman–Crippen MR) is 25.1 cm³/mol. The van der Waals surface area contributed by atoms with Crippen molar-refractivity contribution in [2.24, 2.45) is 0 Å². The van der Waals surface area contributed by atoms with Gasteiger partial charge in [0.1, 0.15) is 0 Å². The van der Waals surface area contributed by atoms with Crippen LogP contribution in [0.25, 0.3) is 0 Å². The molecule has 0 unspecified atom stereocenters. The van der Waals surface area contributed by atoms with E-state index in [-0.39, 0.29) is 0 Å². The fraction of sp³-hybridized carbons (Fsp3) is 0.250. The van der Waals surface area contributed by atoms with E-state index in [1.165, 1.54) is 0 Å². The van der Waals surface area contributed by atoms with Gasteiger partial charge in [0, 0.05) is 0 Å². The summed E-state index contributed by atoms with van der Waals surface area (Å²) < 4.78 is 0. The van der Waals surface area contributed by atoms with E-state index in [4.69, 9.17) is 0 Å². The number of hydrazone groups is 1. The Morgan fingerprint density at radius 3 is 2.83 bits per heavy atom. The van der Waals surface area contributed by atoms with Crippen molar-refractivity contribution in [3.05, 3.63) is 12.3 Å². The maximum atomic E-state index is 3.72. The average Bonchev–Trinajstić information content (AvgIpc) is 1.72. The predicted octanol–water partition coefficient (Wildman–Crippen LogP) is -0.185. The van der Waals surface area contributed by atoms with E-state index in [1.807, 2.05) is 18.5 Å². The molecule has 0 fully saturated rings. The van der Waals surface area contributed by atoms with E-state index < -0.39 is 0 Å². The van der Waals surface area contributed by atoms with Crippen molar-refractivity contribution in [1.82, 2.24) is 10.5 Å². The third kappa shape index (κ3) is 0.578. The van der Waals surface area contributed by atoms with Crippen LogP contribution in [0.3, 0.4) is 0 Å². The van der Waals surface area contributed by atoms with Gasteiger partial charge in [-0.25, -0.2) is 0 Å². The van der Waals surface area contributed by atoms with Crippen molar-refractivity contribution in [3.63, 3.8) is 0 Å². The second kappa shape index (κ2) is 1.60. The van der Waals surface area contributed by atoms with Gasteiger partial charge in [-0.15, -0.1) is 5.43 Å². The molecule has 0 aromatic rings. The van der Waals surface area contributed by atoms with Crippen molar-refractivity contribution in [1.29, 1.82) is 0 Å². The highest BCUT2D eigenvalue weighted by molar-refractivity contribution is 5.58. The molecule has 0 saturated carbocycles. The summed E-state index contributed by atoms with van der Waals surface area (Å²) in [7, 11) is 0. The van der Waals surface area contributed by atoms with Crippen LogP contribution in [-0.2, 0) is 0 Å². The Labute approximate surface area is 36.6 Å². The van der Waals surface area contributed by atoms with Gasteiger partial charge in [0.2, 0.25) is 0 Å². The molecule has 1 N–H and O–H groups in total. The van der Waals surface area contributed by atoms with Gasteiger partial charge >= 0.3 is 0 Å². The van der Waals surface area contributed by atoms with Gasteiger partial charge in [-0.1, -0.05) is 6.08 Å². The van der Waals surface area contributed by atoms with Crippen LogP contribution in [0.1, 0.15) is 6.42 Å². The number of rotatable bonds is 0. The molecule has 0 spiro atoms. The number of allylic oxidation sites excluding steroid dienone is 1. The lowest BCUT2D eigenvalue weighted by molar-refractivity contribution is 0.848. The zero-order chi connectivity index (χ0) is 4.24. The quantitative estimate of drug-likeness (QED) is 0.431. The van der Waals surface area contributed by atoms with Gasteiger partial charge in [-0.3, -0.25) is 0 Å². The van der Waals surface area contributed by atoms with Crippen LogP contribution in [0, 0.1) is 0 Å². The average molecular weight is 82.1 g/mol. The molecule has 2 heteroatoms. The first-order valence-corrected chi connectivity index (χ1v) is 1.92. The lowest BCUT2D eigenvalue weighted by Gasteiger charge is -1.76. The highest BCUT2D eigenvalue weighted by atomic mass is 15.3. The molecule has 1 aliphatic rings. The van der Waals surface area contributed by atoms with Crippen LogP contribution in [0.4, 0.5) is 0 Å². The number of nitrogens with zero attached hydrogens (tertiary/aromatic N) is 1. The molecular weight excluding hydrogens is 76.1 g/mol. The molecule has 1 rings (SSSR count). The zero-order valence-corrected chi connectivity index (χ0v) is 3.39. The topological polar surface area (TPSA) is 26.1 Å². The van der Waals surface area contributed by atoms with Gasteiger partial charge in [-0.2, -0.15) is 0 Å². The molecule has 0 aromatic heterocycles. The Morgan fingerprint density at radius 1 is 1.67 bits per heavy atom. The van der Waals surface area contributed by atoms with Crippen molar-refractivity contribution in [2.75, 3.05) is 0 Å². The highest BCUT2D eigenvalue weighted by Gasteiger charge is 1.88. The van der Waals surface area contributed by atoms with E-state index in [9.17, 15) is 0 Å². The number of hydrogen-bond acceptors (Lipinski definition) is 2. The summed E-state index contributed by atoms with van der Waals surface area (Å²) in [6, 6.07) is 0. The largest absolute Gasteiger partial charge is 0.255 e. The Balaban J connectivity index is 2.40. The van der Waals surface area contributed by atoms with E-state index in [1.54, 1.807) is 0 Å². The first-order chi connectivity index (χ1) is 3.00. The maximum absolute atomic E-state index is 3.72. The van der Waals surface area contributed by atoms with E-state index in [0.717, 1.165) is 6.42 Å². The summed E-state index contributed by atoms with van der Waals surface area (Å²) >= 11 is 0. The molecule has 2 nitrogen and oxygen atoms in total. The molecule has 0 amide bonds. The van der Waals surface area contributed by atoms with Crippen molar-refractivity contribution in [3.8, 4) is 0 Å². The summed E-state index contributed by atoms with van der Waals surface area (Å²) in [4.78, 5) is 0. The van der Waals surface area contributed by atoms with Crippen molar-refractivity contribution >= 4 is 6.21 Å². The Morgan fingerprint density at radius 2 is 2.67 bits per heavy atom. The molecule has 1 heterocycles. The molecule has 0 saturated heterocycles. The normalized spacial score (nSPS) is 17.3. The molecule has 0 aromatic carbocycles. The molecule has 6 heavy (non-hydrogen) atoms.